The van der Waals surface area contributed by atoms with Crippen molar-refractivity contribution in [1.82, 2.24) is 0 Å². The van der Waals surface area contributed by atoms with E-state index in [0.29, 0.717) is 5.75 Å². The second-order valence-corrected chi connectivity index (χ2v) is 22.5. The molecule has 0 aliphatic rings. The quantitative estimate of drug-likeness (QED) is 0.162. The van der Waals surface area contributed by atoms with Gasteiger partial charge in [0, 0.05) is 11.1 Å². The van der Waals surface area contributed by atoms with Gasteiger partial charge in [-0.05, 0) is 113 Å². The number of hydrogen-bond donors (Lipinski definition) is 0. The van der Waals surface area contributed by atoms with Crippen molar-refractivity contribution < 1.29 is 13.6 Å². The van der Waals surface area contributed by atoms with E-state index in [0.717, 1.165) is 22.6 Å². The van der Waals surface area contributed by atoms with Crippen LogP contribution < -0.4 is 13.6 Å². The lowest BCUT2D eigenvalue weighted by atomic mass is 9.76. The van der Waals surface area contributed by atoms with Crippen LogP contribution in [0.5, 0.6) is 17.2 Å². The Morgan fingerprint density at radius 1 is 0.352 bits per heavy atom. The number of fused-ring (bicyclic) bond motifs is 2. The standard InChI is InChI=1S/C50H67O3P/c1-45(2,3)34-24-32-26-41(49(13,14)15)43(30-37(32)39(28-34)47(7,8)9)52-54(51-36-22-20-19-21-23-36)53-44-31-38-33(27-42(44)50(16,17)18)25-35(46(4,5)6)29-40(38)48(10,11)12/h19-31H,1-18H3. The molecule has 0 N–H and O–H groups in total. The molecular weight excluding hydrogens is 680 g/mol. The van der Waals surface area contributed by atoms with Crippen LogP contribution in [-0.4, -0.2) is 0 Å². The molecule has 0 aliphatic heterocycles. The lowest BCUT2D eigenvalue weighted by Gasteiger charge is -2.31. The van der Waals surface area contributed by atoms with E-state index in [1.807, 2.05) is 30.3 Å². The summed E-state index contributed by atoms with van der Waals surface area (Å²) in [5, 5.41) is 4.85. The molecule has 0 unspecified atom stereocenters. The first-order valence-corrected chi connectivity index (χ1v) is 20.8. The van der Waals surface area contributed by atoms with Gasteiger partial charge in [0.15, 0.2) is 0 Å². The average molecular weight is 747 g/mol. The van der Waals surface area contributed by atoms with E-state index in [1.54, 1.807) is 0 Å². The van der Waals surface area contributed by atoms with E-state index in [1.165, 1.54) is 43.8 Å². The first-order valence-electron chi connectivity index (χ1n) is 19.7. The van der Waals surface area contributed by atoms with Crippen LogP contribution in [0.25, 0.3) is 21.5 Å². The summed E-state index contributed by atoms with van der Waals surface area (Å²) in [5.41, 5.74) is 6.98. The topological polar surface area (TPSA) is 27.7 Å². The van der Waals surface area contributed by atoms with Gasteiger partial charge in [0.2, 0.25) is 0 Å². The first-order chi connectivity index (χ1) is 24.5. The van der Waals surface area contributed by atoms with Gasteiger partial charge < -0.3 is 13.6 Å². The van der Waals surface area contributed by atoms with E-state index < -0.39 is 8.60 Å². The Kier molecular flexibility index (Phi) is 10.9. The predicted molar refractivity (Wildman–Crippen MR) is 235 cm³/mol. The largest absolute Gasteiger partial charge is 0.530 e. The Bertz CT molecular complexity index is 2000. The smallest absolute Gasteiger partial charge is 0.409 e. The molecule has 0 aromatic heterocycles. The van der Waals surface area contributed by atoms with Crippen molar-refractivity contribution in [3.05, 3.63) is 112 Å². The Morgan fingerprint density at radius 2 is 0.704 bits per heavy atom. The molecule has 0 fully saturated rings. The van der Waals surface area contributed by atoms with Crippen molar-refractivity contribution in [2.45, 2.75) is 157 Å². The Labute approximate surface area is 329 Å². The van der Waals surface area contributed by atoms with Crippen LogP contribution in [-0.2, 0) is 32.5 Å². The van der Waals surface area contributed by atoms with Crippen molar-refractivity contribution in [2.24, 2.45) is 0 Å². The van der Waals surface area contributed by atoms with E-state index in [9.17, 15) is 0 Å². The van der Waals surface area contributed by atoms with E-state index in [2.05, 4.69) is 173 Å². The van der Waals surface area contributed by atoms with Crippen LogP contribution in [0.4, 0.5) is 0 Å². The predicted octanol–water partition coefficient (Wildman–Crippen LogP) is 15.5. The number of benzene rings is 5. The van der Waals surface area contributed by atoms with Gasteiger partial charge in [-0.15, -0.1) is 0 Å². The molecule has 0 spiro atoms. The third-order valence-corrected chi connectivity index (χ3v) is 11.4. The SMILES string of the molecule is CC(C)(C)c1cc(C(C)(C)C)c2cc(OP(Oc3ccccc3)Oc3cc4c(C(C)(C)C)cc(C(C)(C)C)cc4cc3C(C)(C)C)c(C(C)(C)C)cc2c1. The molecule has 290 valence electrons. The Hall–Kier alpha value is -3.55. The third kappa shape index (κ3) is 9.27. The molecule has 5 rings (SSSR count). The number of hydrogen-bond acceptors (Lipinski definition) is 3. The van der Waals surface area contributed by atoms with E-state index >= 15 is 0 Å². The van der Waals surface area contributed by atoms with Gasteiger partial charge in [0.05, 0.1) is 0 Å². The summed E-state index contributed by atoms with van der Waals surface area (Å²) >= 11 is 0. The van der Waals surface area contributed by atoms with Crippen molar-refractivity contribution >= 4 is 30.1 Å². The lowest BCUT2D eigenvalue weighted by Crippen LogP contribution is -2.19. The summed E-state index contributed by atoms with van der Waals surface area (Å²) in [7, 11) is -1.95. The summed E-state index contributed by atoms with van der Waals surface area (Å²) in [6, 6.07) is 28.6. The zero-order valence-electron chi connectivity index (χ0n) is 36.7. The van der Waals surface area contributed by atoms with Crippen LogP contribution >= 0.6 is 8.60 Å². The van der Waals surface area contributed by atoms with Gasteiger partial charge in [0.25, 0.3) is 0 Å². The minimum Gasteiger partial charge on any atom is -0.409 e. The zero-order chi connectivity index (χ0) is 40.4. The Balaban J connectivity index is 1.76. The van der Waals surface area contributed by atoms with Gasteiger partial charge in [-0.3, -0.25) is 0 Å². The highest BCUT2D eigenvalue weighted by Crippen LogP contribution is 2.50. The summed E-state index contributed by atoms with van der Waals surface area (Å²) in [6.07, 6.45) is 0. The van der Waals surface area contributed by atoms with E-state index in [-0.39, 0.29) is 32.5 Å². The van der Waals surface area contributed by atoms with E-state index in [4.69, 9.17) is 13.6 Å². The van der Waals surface area contributed by atoms with Crippen molar-refractivity contribution in [1.29, 1.82) is 0 Å². The molecule has 5 aromatic rings. The second kappa shape index (κ2) is 14.2. The molecule has 4 heteroatoms. The number of para-hydroxylation sites is 1. The third-order valence-electron chi connectivity index (χ3n) is 10.3. The molecule has 0 saturated carbocycles. The van der Waals surface area contributed by atoms with Crippen LogP contribution in [0.2, 0.25) is 0 Å². The number of rotatable bonds is 6. The normalized spacial score (nSPS) is 13.5. The highest BCUT2D eigenvalue weighted by molar-refractivity contribution is 7.43. The fourth-order valence-corrected chi connectivity index (χ4v) is 8.03. The summed E-state index contributed by atoms with van der Waals surface area (Å²) in [5.74, 6) is 2.28. The zero-order valence-corrected chi connectivity index (χ0v) is 37.6. The Morgan fingerprint density at radius 3 is 1.02 bits per heavy atom. The molecule has 54 heavy (non-hydrogen) atoms. The molecule has 0 heterocycles. The second-order valence-electron chi connectivity index (χ2n) is 21.5. The summed E-state index contributed by atoms with van der Waals surface area (Å²) in [6.45, 7) is 41.0. The molecule has 0 saturated heterocycles. The van der Waals surface area contributed by atoms with Gasteiger partial charge in [-0.2, -0.15) is 0 Å². The lowest BCUT2D eigenvalue weighted by molar-refractivity contribution is 0.378. The van der Waals surface area contributed by atoms with Crippen LogP contribution in [0.3, 0.4) is 0 Å². The fraction of sp³-hybridized carbons (Fsp3) is 0.480. The maximum atomic E-state index is 7.11. The molecular formula is C50H67O3P. The minimum atomic E-state index is -1.95. The maximum absolute atomic E-state index is 7.11. The van der Waals surface area contributed by atoms with Crippen LogP contribution in [0, 0.1) is 0 Å². The van der Waals surface area contributed by atoms with Gasteiger partial charge in [-0.1, -0.05) is 167 Å². The fourth-order valence-electron chi connectivity index (χ4n) is 7.00. The monoisotopic (exact) mass is 746 g/mol. The molecule has 0 amide bonds. The average Bonchev–Trinajstić information content (AvgIpc) is 3.00. The molecule has 0 radical (unpaired) electrons. The maximum Gasteiger partial charge on any atom is 0.530 e. The van der Waals surface area contributed by atoms with Crippen LogP contribution in [0.1, 0.15) is 158 Å². The summed E-state index contributed by atoms with van der Waals surface area (Å²) < 4.78 is 21.0. The van der Waals surface area contributed by atoms with Crippen molar-refractivity contribution in [3.63, 3.8) is 0 Å². The minimum absolute atomic E-state index is 0.0166. The molecule has 0 aliphatic carbocycles. The van der Waals surface area contributed by atoms with Gasteiger partial charge in [0.1, 0.15) is 17.2 Å². The molecule has 3 nitrogen and oxygen atoms in total. The highest BCUT2D eigenvalue weighted by atomic mass is 31.2. The molecule has 0 bridgehead atoms. The van der Waals surface area contributed by atoms with Crippen molar-refractivity contribution in [2.75, 3.05) is 0 Å². The first kappa shape index (κ1) is 41.6. The van der Waals surface area contributed by atoms with Gasteiger partial charge >= 0.3 is 8.60 Å². The van der Waals surface area contributed by atoms with Crippen molar-refractivity contribution in [3.8, 4) is 17.2 Å². The molecule has 5 aromatic carbocycles. The van der Waals surface area contributed by atoms with Gasteiger partial charge in [-0.25, -0.2) is 0 Å². The molecule has 0 atom stereocenters. The highest BCUT2D eigenvalue weighted by Gasteiger charge is 2.32. The summed E-state index contributed by atoms with van der Waals surface area (Å²) in [4.78, 5) is 0. The van der Waals surface area contributed by atoms with Crippen LogP contribution in [0.15, 0.2) is 78.9 Å².